The lowest BCUT2D eigenvalue weighted by atomic mass is 10.0. The second-order valence-corrected chi connectivity index (χ2v) is 5.85. The van der Waals surface area contributed by atoms with Gasteiger partial charge in [-0.25, -0.2) is 0 Å². The molecule has 0 N–H and O–H groups in total. The summed E-state index contributed by atoms with van der Waals surface area (Å²) in [7, 11) is 1.19. The van der Waals surface area contributed by atoms with Crippen molar-refractivity contribution in [2.45, 2.75) is 37.3 Å². The van der Waals surface area contributed by atoms with Crippen molar-refractivity contribution >= 4 is 22.9 Å². The first kappa shape index (κ1) is 9.61. The van der Waals surface area contributed by atoms with Gasteiger partial charge in [0.1, 0.15) is 0 Å². The van der Waals surface area contributed by atoms with Crippen molar-refractivity contribution in [3.63, 3.8) is 0 Å². The van der Waals surface area contributed by atoms with Crippen LogP contribution in [0.4, 0.5) is 0 Å². The molecule has 0 aliphatic carbocycles. The van der Waals surface area contributed by atoms with Gasteiger partial charge in [0.05, 0.1) is 0 Å². The van der Waals surface area contributed by atoms with Gasteiger partial charge in [-0.3, -0.25) is 0 Å². The fraction of sp³-hybridized carbons (Fsp3) is 1.00. The van der Waals surface area contributed by atoms with E-state index >= 15 is 0 Å². The van der Waals surface area contributed by atoms with Gasteiger partial charge in [-0.2, -0.15) is 12.6 Å². The number of ether oxygens (including phenoxy) is 1. The van der Waals surface area contributed by atoms with Crippen LogP contribution in [0.2, 0.25) is 0 Å². The molecule has 0 saturated carbocycles. The molecule has 0 aromatic heterocycles. The normalized spacial score (nSPS) is 32.5. The third-order valence-corrected chi connectivity index (χ3v) is 4.02. The minimum Gasteiger partial charge on any atom is -0.380 e. The van der Waals surface area contributed by atoms with Crippen molar-refractivity contribution in [2.75, 3.05) is 12.4 Å². The third-order valence-electron chi connectivity index (χ3n) is 2.41. The second kappa shape index (κ2) is 4.53. The molecule has 1 fully saturated rings. The van der Waals surface area contributed by atoms with Crippen molar-refractivity contribution in [3.8, 4) is 0 Å². The molecular formula is C8H18OSSi. The van der Waals surface area contributed by atoms with Gasteiger partial charge in [0.15, 0.2) is 0 Å². The highest BCUT2D eigenvalue weighted by Crippen LogP contribution is 2.26. The molecule has 1 nitrogen and oxygen atoms in total. The van der Waals surface area contributed by atoms with Crippen molar-refractivity contribution in [1.82, 2.24) is 0 Å². The lowest BCUT2D eigenvalue weighted by Gasteiger charge is -2.34. The van der Waals surface area contributed by atoms with Gasteiger partial charge in [0.2, 0.25) is 0 Å². The molecule has 1 rings (SSSR count). The number of hydrogen-bond donors (Lipinski definition) is 1. The summed E-state index contributed by atoms with van der Waals surface area (Å²) in [5.74, 6) is 1.01. The maximum absolute atomic E-state index is 5.80. The average Bonchev–Trinajstić information content (AvgIpc) is 2.03. The Bertz CT molecular complexity index is 113. The molecule has 0 amide bonds. The molecule has 1 aliphatic heterocycles. The molecule has 1 aliphatic rings. The summed E-state index contributed by atoms with van der Waals surface area (Å²) in [5.41, 5.74) is 0. The molecule has 1 saturated heterocycles. The first-order valence-corrected chi connectivity index (χ1v) is 6.15. The molecule has 0 radical (unpaired) electrons. The molecule has 0 aromatic rings. The van der Waals surface area contributed by atoms with Gasteiger partial charge in [-0.15, -0.1) is 0 Å². The molecule has 3 heteroatoms. The van der Waals surface area contributed by atoms with E-state index in [4.69, 9.17) is 4.74 Å². The van der Waals surface area contributed by atoms with E-state index in [0.29, 0.717) is 5.22 Å². The van der Waals surface area contributed by atoms with E-state index in [0.717, 1.165) is 12.4 Å². The first-order valence-electron chi connectivity index (χ1n) is 4.52. The van der Waals surface area contributed by atoms with Crippen LogP contribution in [0, 0.1) is 0 Å². The van der Waals surface area contributed by atoms with Crippen LogP contribution < -0.4 is 0 Å². The fourth-order valence-corrected chi connectivity index (χ4v) is 2.71. The Morgan fingerprint density at radius 2 is 2.27 bits per heavy atom. The van der Waals surface area contributed by atoms with Gasteiger partial charge in [-0.1, -0.05) is 0 Å². The summed E-state index contributed by atoms with van der Waals surface area (Å²) in [6.07, 6.45) is 6.39. The van der Waals surface area contributed by atoms with Crippen molar-refractivity contribution < 1.29 is 4.74 Å². The van der Waals surface area contributed by atoms with E-state index in [1.165, 1.54) is 42.3 Å². The highest BCUT2D eigenvalue weighted by atomic mass is 32.1. The second-order valence-electron chi connectivity index (χ2n) is 3.58. The third kappa shape index (κ3) is 3.17. The van der Waals surface area contributed by atoms with Crippen LogP contribution >= 0.6 is 12.6 Å². The predicted molar refractivity (Wildman–Crippen MR) is 55.6 cm³/mol. The van der Waals surface area contributed by atoms with E-state index < -0.39 is 0 Å². The van der Waals surface area contributed by atoms with Crippen LogP contribution in [0.15, 0.2) is 0 Å². The zero-order chi connectivity index (χ0) is 8.16. The summed E-state index contributed by atoms with van der Waals surface area (Å²) in [6.45, 7) is 0.996. The van der Waals surface area contributed by atoms with Gasteiger partial charge in [0.25, 0.3) is 0 Å². The monoisotopic (exact) mass is 190 g/mol. The predicted octanol–water partition coefficient (Wildman–Crippen LogP) is 0.959. The van der Waals surface area contributed by atoms with Crippen LogP contribution in [0.5, 0.6) is 0 Å². The maximum Gasteiger partial charge on any atom is 0.0486 e. The standard InChI is InChI=1S/C8H18OSSi/c10-7-3-5-8(11)4-1-2-6-9-8/h10H,1-7H2,11H3. The van der Waals surface area contributed by atoms with E-state index in [9.17, 15) is 0 Å². The smallest absolute Gasteiger partial charge is 0.0486 e. The Morgan fingerprint density at radius 1 is 1.45 bits per heavy atom. The van der Waals surface area contributed by atoms with E-state index in [1.54, 1.807) is 0 Å². The molecule has 0 spiro atoms. The Labute approximate surface area is 77.7 Å². The molecule has 66 valence electrons. The number of hydrogen-bond acceptors (Lipinski definition) is 2. The molecule has 1 unspecified atom stereocenters. The SMILES string of the molecule is [SiH3]C1(CCCS)CCCCO1. The first-order chi connectivity index (χ1) is 5.27. The Balaban J connectivity index is 2.25. The minimum atomic E-state index is 0.320. The van der Waals surface area contributed by atoms with Crippen molar-refractivity contribution in [3.05, 3.63) is 0 Å². The summed E-state index contributed by atoms with van der Waals surface area (Å²) >= 11 is 4.22. The topological polar surface area (TPSA) is 9.23 Å². The fourth-order valence-electron chi connectivity index (χ4n) is 1.64. The number of thiol groups is 1. The van der Waals surface area contributed by atoms with Crippen LogP contribution in [0.1, 0.15) is 32.1 Å². The summed E-state index contributed by atoms with van der Waals surface area (Å²) in [5, 5.41) is 0.320. The van der Waals surface area contributed by atoms with Crippen LogP contribution in [-0.2, 0) is 4.74 Å². The lowest BCUT2D eigenvalue weighted by Crippen LogP contribution is -2.36. The van der Waals surface area contributed by atoms with Crippen LogP contribution in [0.3, 0.4) is 0 Å². The largest absolute Gasteiger partial charge is 0.380 e. The van der Waals surface area contributed by atoms with Crippen LogP contribution in [-0.4, -0.2) is 27.8 Å². The highest BCUT2D eigenvalue weighted by molar-refractivity contribution is 7.80. The molecule has 11 heavy (non-hydrogen) atoms. The van der Waals surface area contributed by atoms with Gasteiger partial charge in [0, 0.05) is 22.1 Å². The Morgan fingerprint density at radius 3 is 2.82 bits per heavy atom. The zero-order valence-electron chi connectivity index (χ0n) is 7.31. The quantitative estimate of drug-likeness (QED) is 0.515. The highest BCUT2D eigenvalue weighted by Gasteiger charge is 2.26. The molecule has 1 atom stereocenters. The van der Waals surface area contributed by atoms with E-state index in [-0.39, 0.29) is 0 Å². The van der Waals surface area contributed by atoms with Gasteiger partial charge < -0.3 is 4.74 Å². The molecule has 0 bridgehead atoms. The summed E-state index contributed by atoms with van der Waals surface area (Å²) < 4.78 is 5.80. The zero-order valence-corrected chi connectivity index (χ0v) is 10.2. The molecule has 0 aromatic carbocycles. The van der Waals surface area contributed by atoms with Crippen molar-refractivity contribution in [2.24, 2.45) is 0 Å². The summed E-state index contributed by atoms with van der Waals surface area (Å²) in [6, 6.07) is 0. The van der Waals surface area contributed by atoms with Crippen molar-refractivity contribution in [1.29, 1.82) is 0 Å². The number of rotatable bonds is 3. The van der Waals surface area contributed by atoms with Crippen LogP contribution in [0.25, 0.3) is 0 Å². The van der Waals surface area contributed by atoms with E-state index in [2.05, 4.69) is 12.6 Å². The molecule has 1 heterocycles. The molecular weight excluding hydrogens is 172 g/mol. The maximum atomic E-state index is 5.80. The summed E-state index contributed by atoms with van der Waals surface area (Å²) in [4.78, 5) is 0. The van der Waals surface area contributed by atoms with E-state index in [1.807, 2.05) is 0 Å². The van der Waals surface area contributed by atoms with Gasteiger partial charge in [-0.05, 0) is 37.9 Å². The lowest BCUT2D eigenvalue weighted by molar-refractivity contribution is -0.0227. The Kier molecular flexibility index (Phi) is 3.96. The van der Waals surface area contributed by atoms with Gasteiger partial charge >= 0.3 is 0 Å². The Hall–Kier alpha value is 0.527. The minimum absolute atomic E-state index is 0.320. The average molecular weight is 190 g/mol.